The van der Waals surface area contributed by atoms with Crippen LogP contribution in [-0.2, 0) is 17.6 Å². The van der Waals surface area contributed by atoms with Crippen LogP contribution in [0.1, 0.15) is 49.2 Å². The fourth-order valence-corrected chi connectivity index (χ4v) is 4.41. The molecule has 7 nitrogen and oxygen atoms in total. The molecule has 2 heterocycles. The number of nitrogens with zero attached hydrogens (tertiary/aromatic N) is 2. The van der Waals surface area contributed by atoms with Crippen LogP contribution in [0.3, 0.4) is 0 Å². The summed E-state index contributed by atoms with van der Waals surface area (Å²) in [6.07, 6.45) is 6.94. The molecule has 1 aromatic heterocycles. The lowest BCUT2D eigenvalue weighted by Gasteiger charge is -2.29. The molecule has 0 aromatic carbocycles. The van der Waals surface area contributed by atoms with Crippen molar-refractivity contribution in [1.82, 2.24) is 20.6 Å². The van der Waals surface area contributed by atoms with E-state index in [1.807, 2.05) is 6.92 Å². The smallest absolute Gasteiger partial charge is 0.322 e. The maximum Gasteiger partial charge on any atom is 0.322 e. The molecule has 7 heteroatoms. The van der Waals surface area contributed by atoms with Gasteiger partial charge in [-0.15, -0.1) is 0 Å². The number of carbonyl (C=O) groups excluding carboxylic acids is 2. The second-order valence-corrected chi connectivity index (χ2v) is 7.10. The van der Waals surface area contributed by atoms with Crippen molar-refractivity contribution in [3.05, 3.63) is 17.1 Å². The Hall–Kier alpha value is -2.18. The molecule has 0 bridgehead atoms. The largest absolute Gasteiger partial charge is 0.369 e. The number of aromatic nitrogens is 2. The highest BCUT2D eigenvalue weighted by Gasteiger charge is 2.54. The molecule has 1 spiro atoms. The zero-order valence-electron chi connectivity index (χ0n) is 13.9. The number of urea groups is 1. The molecule has 2 aliphatic carbocycles. The van der Waals surface area contributed by atoms with E-state index in [9.17, 15) is 9.59 Å². The first-order valence-corrected chi connectivity index (χ1v) is 8.82. The first-order chi connectivity index (χ1) is 11.6. The van der Waals surface area contributed by atoms with Crippen LogP contribution in [0, 0.1) is 12.8 Å². The van der Waals surface area contributed by atoms with Crippen LogP contribution in [0.25, 0.3) is 0 Å². The van der Waals surface area contributed by atoms with Crippen molar-refractivity contribution in [2.45, 2.75) is 57.4 Å². The molecule has 2 atom stereocenters. The fraction of sp³-hybridized carbons (Fsp3) is 0.647. The van der Waals surface area contributed by atoms with E-state index in [2.05, 4.69) is 25.9 Å². The van der Waals surface area contributed by atoms with Crippen molar-refractivity contribution in [2.24, 2.45) is 5.92 Å². The number of anilines is 1. The Labute approximate surface area is 141 Å². The minimum atomic E-state index is -0.744. The lowest BCUT2D eigenvalue weighted by Crippen LogP contribution is -2.51. The summed E-state index contributed by atoms with van der Waals surface area (Å²) in [5, 5.41) is 8.72. The first kappa shape index (κ1) is 15.4. The molecule has 3 amide bonds. The third-order valence-corrected chi connectivity index (χ3v) is 5.60. The summed E-state index contributed by atoms with van der Waals surface area (Å²) in [6, 6.07) is -0.373. The van der Waals surface area contributed by atoms with Crippen LogP contribution in [0.2, 0.25) is 0 Å². The van der Waals surface area contributed by atoms with Crippen LogP contribution in [0.15, 0.2) is 0 Å². The van der Waals surface area contributed by atoms with Gasteiger partial charge in [-0.3, -0.25) is 10.1 Å². The molecule has 0 radical (unpaired) electrons. The van der Waals surface area contributed by atoms with Crippen LogP contribution in [0.5, 0.6) is 0 Å². The maximum absolute atomic E-state index is 12.3. The number of imide groups is 1. The van der Waals surface area contributed by atoms with E-state index in [0.717, 1.165) is 43.0 Å². The number of aryl methyl sites for hydroxylation is 2. The summed E-state index contributed by atoms with van der Waals surface area (Å²) in [5.41, 5.74) is 1.63. The maximum atomic E-state index is 12.3. The molecular formula is C17H23N5O2. The number of hydrogen-bond donors (Lipinski definition) is 3. The van der Waals surface area contributed by atoms with Crippen molar-refractivity contribution in [3.8, 4) is 0 Å². The predicted molar refractivity (Wildman–Crippen MR) is 88.6 cm³/mol. The third-order valence-electron chi connectivity index (χ3n) is 5.60. The highest BCUT2D eigenvalue weighted by atomic mass is 16.2. The fourth-order valence-electron chi connectivity index (χ4n) is 4.41. The topological polar surface area (TPSA) is 96.0 Å². The van der Waals surface area contributed by atoms with E-state index in [1.165, 1.54) is 18.4 Å². The molecule has 1 saturated heterocycles. The molecule has 128 valence electrons. The van der Waals surface area contributed by atoms with Gasteiger partial charge in [-0.2, -0.15) is 0 Å². The number of fused-ring (bicyclic) bond motifs is 1. The summed E-state index contributed by atoms with van der Waals surface area (Å²) in [6.45, 7) is 2.55. The van der Waals surface area contributed by atoms with E-state index in [1.54, 1.807) is 0 Å². The van der Waals surface area contributed by atoms with Gasteiger partial charge < -0.3 is 10.6 Å². The van der Waals surface area contributed by atoms with Crippen LogP contribution in [0.4, 0.5) is 10.6 Å². The van der Waals surface area contributed by atoms with E-state index in [4.69, 9.17) is 0 Å². The lowest BCUT2D eigenvalue weighted by atomic mass is 9.87. The van der Waals surface area contributed by atoms with Gasteiger partial charge in [0.1, 0.15) is 17.2 Å². The summed E-state index contributed by atoms with van der Waals surface area (Å²) in [4.78, 5) is 33.0. The second kappa shape index (κ2) is 5.72. The number of nitrogens with one attached hydrogen (secondary N) is 3. The molecule has 1 saturated carbocycles. The third kappa shape index (κ3) is 2.42. The SMILES string of the molecule is Cc1nc2c(c(NC[C@H]3CCC[C@]34NC(=O)NC4=O)n1)CCCC2. The van der Waals surface area contributed by atoms with Gasteiger partial charge >= 0.3 is 6.03 Å². The van der Waals surface area contributed by atoms with Gasteiger partial charge in [0, 0.05) is 23.7 Å². The molecular weight excluding hydrogens is 306 g/mol. The quantitative estimate of drug-likeness (QED) is 0.730. The van der Waals surface area contributed by atoms with E-state index in [0.29, 0.717) is 13.0 Å². The molecule has 3 aliphatic rings. The average Bonchev–Trinajstić information content (AvgIpc) is 3.08. The van der Waals surface area contributed by atoms with E-state index < -0.39 is 5.54 Å². The van der Waals surface area contributed by atoms with Gasteiger partial charge in [0.05, 0.1) is 0 Å². The van der Waals surface area contributed by atoms with Crippen molar-refractivity contribution >= 4 is 17.8 Å². The van der Waals surface area contributed by atoms with Gasteiger partial charge in [0.25, 0.3) is 5.91 Å². The first-order valence-electron chi connectivity index (χ1n) is 8.82. The second-order valence-electron chi connectivity index (χ2n) is 7.10. The van der Waals surface area contributed by atoms with Crippen LogP contribution in [-0.4, -0.2) is 34.0 Å². The predicted octanol–water partition coefficient (Wildman–Crippen LogP) is 1.45. The van der Waals surface area contributed by atoms with Gasteiger partial charge in [0.15, 0.2) is 0 Å². The summed E-state index contributed by atoms with van der Waals surface area (Å²) < 4.78 is 0. The monoisotopic (exact) mass is 329 g/mol. The number of carbonyl (C=O) groups is 2. The minimum Gasteiger partial charge on any atom is -0.369 e. The van der Waals surface area contributed by atoms with Crippen molar-refractivity contribution < 1.29 is 9.59 Å². The molecule has 1 aromatic rings. The number of rotatable bonds is 3. The minimum absolute atomic E-state index is 0.0819. The van der Waals surface area contributed by atoms with Crippen molar-refractivity contribution in [2.75, 3.05) is 11.9 Å². The molecule has 4 rings (SSSR count). The molecule has 2 fully saturated rings. The average molecular weight is 329 g/mol. The zero-order valence-corrected chi connectivity index (χ0v) is 13.9. The summed E-state index contributed by atoms with van der Waals surface area (Å²) in [5.74, 6) is 1.59. The summed E-state index contributed by atoms with van der Waals surface area (Å²) >= 11 is 0. The number of amides is 3. The standard InChI is InChI=1S/C17H23N5O2/c1-10-19-13-7-3-2-6-12(13)14(20-10)18-9-11-5-4-8-17(11)15(23)21-16(24)22-17/h11H,2-9H2,1H3,(H,18,19,20)(H2,21,22,23,24)/t11-,17+/m1/s1. The number of hydrogen-bond acceptors (Lipinski definition) is 5. The highest BCUT2D eigenvalue weighted by Crippen LogP contribution is 2.38. The van der Waals surface area contributed by atoms with E-state index >= 15 is 0 Å². The molecule has 3 N–H and O–H groups in total. The summed E-state index contributed by atoms with van der Waals surface area (Å²) in [7, 11) is 0. The normalized spacial score (nSPS) is 28.6. The van der Waals surface area contributed by atoms with Gasteiger partial charge in [-0.1, -0.05) is 6.42 Å². The Morgan fingerprint density at radius 3 is 2.83 bits per heavy atom. The highest BCUT2D eigenvalue weighted by molar-refractivity contribution is 6.07. The Morgan fingerprint density at radius 1 is 1.21 bits per heavy atom. The van der Waals surface area contributed by atoms with Gasteiger partial charge in [-0.25, -0.2) is 14.8 Å². The van der Waals surface area contributed by atoms with E-state index in [-0.39, 0.29) is 17.9 Å². The molecule has 0 unspecified atom stereocenters. The van der Waals surface area contributed by atoms with Crippen molar-refractivity contribution in [1.29, 1.82) is 0 Å². The van der Waals surface area contributed by atoms with Crippen LogP contribution >= 0.6 is 0 Å². The Bertz CT molecular complexity index is 704. The van der Waals surface area contributed by atoms with Gasteiger partial charge in [0.2, 0.25) is 0 Å². The Kier molecular flexibility index (Phi) is 3.66. The van der Waals surface area contributed by atoms with Crippen LogP contribution < -0.4 is 16.0 Å². The Balaban J connectivity index is 1.54. The Morgan fingerprint density at radius 2 is 2.04 bits per heavy atom. The van der Waals surface area contributed by atoms with Gasteiger partial charge in [-0.05, 0) is 45.4 Å². The molecule has 24 heavy (non-hydrogen) atoms. The molecule has 1 aliphatic heterocycles. The zero-order chi connectivity index (χ0) is 16.7. The van der Waals surface area contributed by atoms with Crippen molar-refractivity contribution in [3.63, 3.8) is 0 Å². The lowest BCUT2D eigenvalue weighted by molar-refractivity contribution is -0.125.